The standard InChI is InChI=1S/C12H19N.C5H5.2ClH.Ti/c1-4-10-8-7-9-11(5-2)12(10)13-6-3;1-2-4-5-3-1;;;/h7-9,13H,4-6H2,1-3H3;1-3H,4H2;2*1H;/q;-1;;;+3/p-2. The van der Waals surface area contributed by atoms with Gasteiger partial charge in [0.1, 0.15) is 0 Å². The van der Waals surface area contributed by atoms with E-state index in [1.807, 2.05) is 12.2 Å². The number of nitrogens with one attached hydrogen (secondary N) is 1. The van der Waals surface area contributed by atoms with E-state index >= 15 is 0 Å². The molecule has 1 aliphatic rings. The number of anilines is 1. The van der Waals surface area contributed by atoms with E-state index in [0.29, 0.717) is 0 Å². The summed E-state index contributed by atoms with van der Waals surface area (Å²) >= 11 is 0. The molecule has 1 radical (unpaired) electrons. The zero-order valence-electron chi connectivity index (χ0n) is 13.0. The Morgan fingerprint density at radius 3 is 1.90 bits per heavy atom. The summed E-state index contributed by atoms with van der Waals surface area (Å²) < 4.78 is 0. The second-order valence-electron chi connectivity index (χ2n) is 4.19. The van der Waals surface area contributed by atoms with Crippen LogP contribution in [0.15, 0.2) is 36.4 Å². The van der Waals surface area contributed by atoms with Crippen LogP contribution in [0.2, 0.25) is 0 Å². The number of para-hydroxylation sites is 1. The number of aryl methyl sites for hydroxylation is 2. The van der Waals surface area contributed by atoms with Crippen molar-refractivity contribution in [1.29, 1.82) is 0 Å². The van der Waals surface area contributed by atoms with Crippen LogP contribution in [0.3, 0.4) is 0 Å². The molecule has 0 heterocycles. The summed E-state index contributed by atoms with van der Waals surface area (Å²) in [5.41, 5.74) is 4.22. The fraction of sp³-hybridized carbons (Fsp3) is 0.412. The summed E-state index contributed by atoms with van der Waals surface area (Å²) in [6, 6.07) is 6.56. The van der Waals surface area contributed by atoms with Gasteiger partial charge >= 0.3 is 21.7 Å². The SMILES string of the molecule is CCNc1c(CC)cccc1CC.[C-]1=CC=CC1.[Cl-].[Cl-].[Ti+3]. The second-order valence-corrected chi connectivity index (χ2v) is 4.19. The maximum absolute atomic E-state index is 3.45. The third kappa shape index (κ3) is 9.42. The van der Waals surface area contributed by atoms with Crippen molar-refractivity contribution in [2.45, 2.75) is 40.0 Å². The van der Waals surface area contributed by atoms with Gasteiger partial charge in [0, 0.05) is 12.2 Å². The van der Waals surface area contributed by atoms with Crippen LogP contribution < -0.4 is 30.1 Å². The Labute approximate surface area is 157 Å². The molecule has 0 saturated heterocycles. The van der Waals surface area contributed by atoms with Crippen molar-refractivity contribution in [2.24, 2.45) is 0 Å². The molecule has 1 aromatic rings. The average Bonchev–Trinajstić information content (AvgIpc) is 2.98. The summed E-state index contributed by atoms with van der Waals surface area (Å²) in [7, 11) is 0. The van der Waals surface area contributed by atoms with Gasteiger partial charge in [-0.2, -0.15) is 6.08 Å². The van der Waals surface area contributed by atoms with Gasteiger partial charge < -0.3 is 30.1 Å². The quantitative estimate of drug-likeness (QED) is 0.512. The van der Waals surface area contributed by atoms with Crippen LogP contribution in [0, 0.1) is 6.08 Å². The Morgan fingerprint density at radius 1 is 1.05 bits per heavy atom. The number of rotatable bonds is 4. The van der Waals surface area contributed by atoms with Crippen LogP contribution in [0.5, 0.6) is 0 Å². The average molecular weight is 361 g/mol. The minimum atomic E-state index is 0. The Morgan fingerprint density at radius 2 is 1.62 bits per heavy atom. The molecular formula is C17H24Cl2NTi. The third-order valence-corrected chi connectivity index (χ3v) is 2.94. The summed E-state index contributed by atoms with van der Waals surface area (Å²) in [6.45, 7) is 7.56. The predicted molar refractivity (Wildman–Crippen MR) is 80.9 cm³/mol. The van der Waals surface area contributed by atoms with Crippen molar-refractivity contribution in [3.63, 3.8) is 0 Å². The van der Waals surface area contributed by atoms with Crippen LogP contribution in [-0.2, 0) is 34.6 Å². The molecule has 1 aliphatic carbocycles. The van der Waals surface area contributed by atoms with E-state index in [2.05, 4.69) is 56.4 Å². The van der Waals surface area contributed by atoms with E-state index in [9.17, 15) is 0 Å². The van der Waals surface area contributed by atoms with Gasteiger partial charge in [-0.25, -0.2) is 12.2 Å². The molecule has 0 aromatic heterocycles. The van der Waals surface area contributed by atoms with Crippen molar-refractivity contribution in [2.75, 3.05) is 11.9 Å². The maximum atomic E-state index is 3.45. The first-order chi connectivity index (χ1) is 8.83. The molecule has 1 N–H and O–H groups in total. The monoisotopic (exact) mass is 360 g/mol. The molecule has 21 heavy (non-hydrogen) atoms. The van der Waals surface area contributed by atoms with Crippen LogP contribution >= 0.6 is 0 Å². The van der Waals surface area contributed by atoms with Crippen molar-refractivity contribution in [3.05, 3.63) is 53.6 Å². The van der Waals surface area contributed by atoms with E-state index in [0.717, 1.165) is 25.8 Å². The molecule has 0 fully saturated rings. The molecule has 0 saturated carbocycles. The molecule has 2 rings (SSSR count). The molecule has 0 unspecified atom stereocenters. The second kappa shape index (κ2) is 16.2. The number of benzene rings is 1. The first-order valence-electron chi connectivity index (χ1n) is 6.89. The van der Waals surface area contributed by atoms with Gasteiger partial charge in [-0.05, 0) is 30.9 Å². The Bertz CT molecular complexity index is 385. The molecule has 1 aromatic carbocycles. The van der Waals surface area contributed by atoms with Crippen LogP contribution in [0.4, 0.5) is 5.69 Å². The van der Waals surface area contributed by atoms with Crippen molar-refractivity contribution >= 4 is 5.69 Å². The summed E-state index contributed by atoms with van der Waals surface area (Å²) in [5.74, 6) is 0. The molecule has 0 spiro atoms. The fourth-order valence-electron chi connectivity index (χ4n) is 1.99. The van der Waals surface area contributed by atoms with Crippen molar-refractivity contribution in [3.8, 4) is 0 Å². The minimum Gasteiger partial charge on any atom is -1.00 e. The van der Waals surface area contributed by atoms with E-state index in [4.69, 9.17) is 0 Å². The Hall–Kier alpha value is -0.206. The minimum absolute atomic E-state index is 0. The van der Waals surface area contributed by atoms with Crippen molar-refractivity contribution in [1.82, 2.24) is 0 Å². The van der Waals surface area contributed by atoms with Crippen LogP contribution in [0.25, 0.3) is 0 Å². The van der Waals surface area contributed by atoms with Gasteiger partial charge in [0.05, 0.1) is 0 Å². The van der Waals surface area contributed by atoms with Gasteiger partial charge in [0.25, 0.3) is 0 Å². The molecule has 0 atom stereocenters. The molecular weight excluding hydrogens is 337 g/mol. The molecule has 0 amide bonds. The zero-order chi connectivity index (χ0) is 13.2. The van der Waals surface area contributed by atoms with E-state index in [1.165, 1.54) is 16.8 Å². The number of hydrogen-bond donors (Lipinski definition) is 1. The van der Waals surface area contributed by atoms with E-state index in [1.54, 1.807) is 0 Å². The molecule has 4 heteroatoms. The van der Waals surface area contributed by atoms with Gasteiger partial charge in [-0.1, -0.05) is 32.0 Å². The summed E-state index contributed by atoms with van der Waals surface area (Å²) in [5, 5.41) is 3.45. The maximum Gasteiger partial charge on any atom is 3.00 e. The first-order valence-corrected chi connectivity index (χ1v) is 6.89. The number of halogens is 2. The number of hydrogen-bond acceptors (Lipinski definition) is 1. The Balaban J connectivity index is -0.000000349. The van der Waals surface area contributed by atoms with Gasteiger partial charge in [0.15, 0.2) is 0 Å². The van der Waals surface area contributed by atoms with Crippen LogP contribution in [-0.4, -0.2) is 6.54 Å². The van der Waals surface area contributed by atoms with E-state index < -0.39 is 0 Å². The topological polar surface area (TPSA) is 12.0 Å². The van der Waals surface area contributed by atoms with Gasteiger partial charge in [-0.15, -0.1) is 6.42 Å². The zero-order valence-corrected chi connectivity index (χ0v) is 16.1. The molecule has 115 valence electrons. The fourth-order valence-corrected chi connectivity index (χ4v) is 1.99. The van der Waals surface area contributed by atoms with Gasteiger partial charge in [-0.3, -0.25) is 6.08 Å². The predicted octanol–water partition coefficient (Wildman–Crippen LogP) is -1.45. The number of allylic oxidation sites excluding steroid dienone is 4. The summed E-state index contributed by atoms with van der Waals surface area (Å²) in [6.07, 6.45) is 12.2. The van der Waals surface area contributed by atoms with Crippen LogP contribution in [0.1, 0.15) is 38.3 Å². The molecule has 0 bridgehead atoms. The normalized spacial score (nSPS) is 10.4. The third-order valence-electron chi connectivity index (χ3n) is 2.94. The van der Waals surface area contributed by atoms with E-state index in [-0.39, 0.29) is 46.5 Å². The molecule has 0 aliphatic heterocycles. The molecule has 1 nitrogen and oxygen atoms in total. The van der Waals surface area contributed by atoms with Crippen molar-refractivity contribution < 1.29 is 46.5 Å². The van der Waals surface area contributed by atoms with Gasteiger partial charge in [0.2, 0.25) is 0 Å². The Kier molecular flexibility index (Phi) is 19.8. The summed E-state index contributed by atoms with van der Waals surface area (Å²) in [4.78, 5) is 0. The smallest absolute Gasteiger partial charge is 1.00 e. The first kappa shape index (κ1) is 25.7. The largest absolute Gasteiger partial charge is 3.00 e.